The molecule has 1 aliphatic heterocycles. The predicted molar refractivity (Wildman–Crippen MR) is 94.7 cm³/mol. The molecule has 0 unspecified atom stereocenters. The quantitative estimate of drug-likeness (QED) is 0.866. The van der Waals surface area contributed by atoms with Gasteiger partial charge in [-0.3, -0.25) is 9.88 Å². The van der Waals surface area contributed by atoms with Crippen molar-refractivity contribution in [1.82, 2.24) is 9.88 Å². The van der Waals surface area contributed by atoms with Gasteiger partial charge in [0.15, 0.2) is 0 Å². The average Bonchev–Trinajstić information content (AvgIpc) is 2.61. The van der Waals surface area contributed by atoms with E-state index in [4.69, 9.17) is 4.74 Å². The number of nitriles is 1. The Kier molecular flexibility index (Phi) is 4.94. The van der Waals surface area contributed by atoms with E-state index in [1.165, 1.54) is 5.56 Å². The first-order chi connectivity index (χ1) is 11.6. The molecule has 1 aliphatic rings. The second kappa shape index (κ2) is 7.12. The van der Waals surface area contributed by atoms with Gasteiger partial charge in [-0.25, -0.2) is 0 Å². The predicted octanol–water partition coefficient (Wildman–Crippen LogP) is 3.63. The molecule has 2 aromatic rings. The van der Waals surface area contributed by atoms with Crippen LogP contribution in [0.25, 0.3) is 11.3 Å². The van der Waals surface area contributed by atoms with Crippen LogP contribution in [-0.4, -0.2) is 36.2 Å². The minimum atomic E-state index is 0.366. The van der Waals surface area contributed by atoms with Crippen LogP contribution in [0.2, 0.25) is 0 Å². The first-order valence-electron chi connectivity index (χ1n) is 8.40. The number of morpholine rings is 1. The van der Waals surface area contributed by atoms with Crippen molar-refractivity contribution < 1.29 is 4.74 Å². The molecule has 0 N–H and O–H groups in total. The Hall–Kier alpha value is -2.22. The zero-order valence-electron chi connectivity index (χ0n) is 14.5. The molecule has 4 nitrogen and oxygen atoms in total. The molecule has 1 atom stereocenters. The number of pyridine rings is 1. The summed E-state index contributed by atoms with van der Waals surface area (Å²) in [7, 11) is 0. The molecule has 124 valence electrons. The van der Waals surface area contributed by atoms with Crippen LogP contribution < -0.4 is 0 Å². The molecule has 0 aliphatic carbocycles. The molecule has 1 fully saturated rings. The maximum atomic E-state index is 9.46. The summed E-state index contributed by atoms with van der Waals surface area (Å²) >= 11 is 0. The molecule has 0 saturated carbocycles. The lowest BCUT2D eigenvalue weighted by Gasteiger charge is -2.32. The van der Waals surface area contributed by atoms with Gasteiger partial charge in [-0.15, -0.1) is 0 Å². The number of hydrogen-bond donors (Lipinski definition) is 0. The fraction of sp³-hybridized carbons (Fsp3) is 0.400. The van der Waals surface area contributed by atoms with Gasteiger partial charge in [-0.05, 0) is 38.0 Å². The SMILES string of the molecule is Cc1cc(C)c(C#N)c(-c2ccc([C@@H](C)N3CCOCC3)cc2)n1. The summed E-state index contributed by atoms with van der Waals surface area (Å²) in [6.07, 6.45) is 0. The van der Waals surface area contributed by atoms with Crippen molar-refractivity contribution in [2.45, 2.75) is 26.8 Å². The number of aromatic nitrogens is 1. The van der Waals surface area contributed by atoms with Gasteiger partial charge in [0.05, 0.1) is 24.5 Å². The normalized spacial score (nSPS) is 16.6. The van der Waals surface area contributed by atoms with Gasteiger partial charge in [0, 0.05) is 30.4 Å². The summed E-state index contributed by atoms with van der Waals surface area (Å²) in [6, 6.07) is 13.1. The Labute approximate surface area is 143 Å². The van der Waals surface area contributed by atoms with Gasteiger partial charge in [0.1, 0.15) is 6.07 Å². The highest BCUT2D eigenvalue weighted by Crippen LogP contribution is 2.27. The van der Waals surface area contributed by atoms with Gasteiger partial charge in [0.2, 0.25) is 0 Å². The van der Waals surface area contributed by atoms with Crippen molar-refractivity contribution in [3.05, 3.63) is 52.7 Å². The van der Waals surface area contributed by atoms with E-state index in [0.717, 1.165) is 48.8 Å². The molecular weight excluding hydrogens is 298 g/mol. The van der Waals surface area contributed by atoms with E-state index in [-0.39, 0.29) is 0 Å². The van der Waals surface area contributed by atoms with E-state index < -0.39 is 0 Å². The first kappa shape index (κ1) is 16.6. The highest BCUT2D eigenvalue weighted by Gasteiger charge is 2.19. The molecule has 1 saturated heterocycles. The van der Waals surface area contributed by atoms with Crippen LogP contribution >= 0.6 is 0 Å². The van der Waals surface area contributed by atoms with E-state index >= 15 is 0 Å². The van der Waals surface area contributed by atoms with Crippen molar-refractivity contribution >= 4 is 0 Å². The molecule has 0 amide bonds. The Morgan fingerprint density at radius 2 is 1.83 bits per heavy atom. The lowest BCUT2D eigenvalue weighted by atomic mass is 9.99. The smallest absolute Gasteiger partial charge is 0.102 e. The van der Waals surface area contributed by atoms with Crippen molar-refractivity contribution in [3.63, 3.8) is 0 Å². The first-order valence-corrected chi connectivity index (χ1v) is 8.40. The molecule has 1 aromatic heterocycles. The summed E-state index contributed by atoms with van der Waals surface area (Å²) in [5.41, 5.74) is 5.63. The fourth-order valence-corrected chi connectivity index (χ4v) is 3.28. The summed E-state index contributed by atoms with van der Waals surface area (Å²) in [6.45, 7) is 9.72. The van der Waals surface area contributed by atoms with E-state index in [2.05, 4.69) is 47.1 Å². The fourth-order valence-electron chi connectivity index (χ4n) is 3.28. The summed E-state index contributed by atoms with van der Waals surface area (Å²) in [5, 5.41) is 9.46. The average molecular weight is 321 g/mol. The maximum Gasteiger partial charge on any atom is 0.102 e. The number of benzene rings is 1. The molecule has 4 heteroatoms. The van der Waals surface area contributed by atoms with Crippen molar-refractivity contribution in [2.24, 2.45) is 0 Å². The van der Waals surface area contributed by atoms with Crippen LogP contribution in [0.1, 0.15) is 35.3 Å². The summed E-state index contributed by atoms with van der Waals surface area (Å²) in [5.74, 6) is 0. The van der Waals surface area contributed by atoms with Crippen molar-refractivity contribution in [3.8, 4) is 17.3 Å². The van der Waals surface area contributed by atoms with Crippen LogP contribution in [0, 0.1) is 25.2 Å². The Morgan fingerprint density at radius 3 is 2.46 bits per heavy atom. The second-order valence-corrected chi connectivity index (χ2v) is 6.36. The van der Waals surface area contributed by atoms with Gasteiger partial charge < -0.3 is 4.74 Å². The number of rotatable bonds is 3. The number of nitrogens with zero attached hydrogens (tertiary/aromatic N) is 3. The maximum absolute atomic E-state index is 9.46. The van der Waals surface area contributed by atoms with Gasteiger partial charge in [-0.1, -0.05) is 24.3 Å². The zero-order valence-corrected chi connectivity index (χ0v) is 14.5. The molecule has 0 spiro atoms. The lowest BCUT2D eigenvalue weighted by Crippen LogP contribution is -2.37. The molecule has 24 heavy (non-hydrogen) atoms. The van der Waals surface area contributed by atoms with E-state index in [1.807, 2.05) is 19.9 Å². The zero-order chi connectivity index (χ0) is 17.1. The standard InChI is InChI=1S/C20H23N3O/c1-14-12-15(2)22-20(19(14)13-21)18-6-4-17(5-7-18)16(3)23-8-10-24-11-9-23/h4-7,12,16H,8-11H2,1-3H3/t16-/m1/s1. The van der Waals surface area contributed by atoms with E-state index in [9.17, 15) is 5.26 Å². The minimum Gasteiger partial charge on any atom is -0.379 e. The highest BCUT2D eigenvalue weighted by molar-refractivity contribution is 5.68. The van der Waals surface area contributed by atoms with Gasteiger partial charge in [-0.2, -0.15) is 5.26 Å². The van der Waals surface area contributed by atoms with Crippen LogP contribution in [-0.2, 0) is 4.74 Å². The largest absolute Gasteiger partial charge is 0.379 e. The molecule has 3 rings (SSSR count). The molecule has 0 bridgehead atoms. The van der Waals surface area contributed by atoms with Crippen LogP contribution in [0.4, 0.5) is 0 Å². The Bertz CT molecular complexity index is 756. The van der Waals surface area contributed by atoms with E-state index in [0.29, 0.717) is 11.6 Å². The second-order valence-electron chi connectivity index (χ2n) is 6.36. The number of ether oxygens (including phenoxy) is 1. The number of aryl methyl sites for hydroxylation is 2. The summed E-state index contributed by atoms with van der Waals surface area (Å²) in [4.78, 5) is 7.03. The monoisotopic (exact) mass is 321 g/mol. The van der Waals surface area contributed by atoms with Gasteiger partial charge in [0.25, 0.3) is 0 Å². The highest BCUT2D eigenvalue weighted by atomic mass is 16.5. The molecule has 2 heterocycles. The van der Waals surface area contributed by atoms with Crippen molar-refractivity contribution in [1.29, 1.82) is 5.26 Å². The Balaban J connectivity index is 1.89. The Morgan fingerprint density at radius 1 is 1.17 bits per heavy atom. The minimum absolute atomic E-state index is 0.366. The van der Waals surface area contributed by atoms with Crippen LogP contribution in [0.5, 0.6) is 0 Å². The third-order valence-electron chi connectivity index (χ3n) is 4.72. The molecular formula is C20H23N3O. The number of hydrogen-bond acceptors (Lipinski definition) is 4. The van der Waals surface area contributed by atoms with Crippen LogP contribution in [0.15, 0.2) is 30.3 Å². The van der Waals surface area contributed by atoms with E-state index in [1.54, 1.807) is 0 Å². The molecule has 0 radical (unpaired) electrons. The van der Waals surface area contributed by atoms with Crippen molar-refractivity contribution in [2.75, 3.05) is 26.3 Å². The third kappa shape index (κ3) is 3.33. The van der Waals surface area contributed by atoms with Gasteiger partial charge >= 0.3 is 0 Å². The lowest BCUT2D eigenvalue weighted by molar-refractivity contribution is 0.0198. The molecule has 1 aromatic carbocycles. The third-order valence-corrected chi connectivity index (χ3v) is 4.72. The van der Waals surface area contributed by atoms with Crippen LogP contribution in [0.3, 0.4) is 0 Å². The topological polar surface area (TPSA) is 49.2 Å². The summed E-state index contributed by atoms with van der Waals surface area (Å²) < 4.78 is 5.43.